The molecule has 0 fully saturated rings. The predicted molar refractivity (Wildman–Crippen MR) is 82.2 cm³/mol. The fourth-order valence-corrected chi connectivity index (χ4v) is 2.64. The van der Waals surface area contributed by atoms with Gasteiger partial charge in [0.2, 0.25) is 5.91 Å². The maximum atomic E-state index is 13.3. The third-order valence-electron chi connectivity index (χ3n) is 2.62. The second kappa shape index (κ2) is 6.69. The lowest BCUT2D eigenvalue weighted by atomic mass is 10.3. The van der Waals surface area contributed by atoms with E-state index in [4.69, 9.17) is 17.3 Å². The van der Waals surface area contributed by atoms with Gasteiger partial charge in [-0.2, -0.15) is 0 Å². The first-order chi connectivity index (χ1) is 9.95. The summed E-state index contributed by atoms with van der Waals surface area (Å²) < 4.78 is 25.3. The second-order valence-electron chi connectivity index (χ2n) is 4.23. The van der Waals surface area contributed by atoms with Gasteiger partial charge in [-0.3, -0.25) is 9.00 Å². The van der Waals surface area contributed by atoms with Crippen LogP contribution in [0, 0.1) is 5.82 Å². The lowest BCUT2D eigenvalue weighted by Gasteiger charge is -2.06. The Balaban J connectivity index is 2.00. The van der Waals surface area contributed by atoms with E-state index < -0.39 is 22.5 Å². The Hall–Kier alpha value is -1.92. The average Bonchev–Trinajstić information content (AvgIpc) is 2.44. The molecule has 2 aromatic carbocycles. The molecule has 21 heavy (non-hydrogen) atoms. The highest BCUT2D eigenvalue weighted by Gasteiger charge is 2.12. The number of carbonyl (C=O) groups excluding carboxylic acids is 1. The zero-order valence-corrected chi connectivity index (χ0v) is 12.4. The van der Waals surface area contributed by atoms with E-state index in [1.54, 1.807) is 24.3 Å². The minimum Gasteiger partial charge on any atom is -0.396 e. The Kier molecular flexibility index (Phi) is 4.93. The quantitative estimate of drug-likeness (QED) is 0.849. The van der Waals surface area contributed by atoms with Crippen molar-refractivity contribution in [1.82, 2.24) is 0 Å². The van der Waals surface area contributed by atoms with Gasteiger partial charge in [0.1, 0.15) is 11.6 Å². The van der Waals surface area contributed by atoms with Crippen LogP contribution in [-0.4, -0.2) is 15.9 Å². The summed E-state index contributed by atoms with van der Waals surface area (Å²) in [6.07, 6.45) is 0. The van der Waals surface area contributed by atoms with Gasteiger partial charge in [-0.1, -0.05) is 11.6 Å². The highest BCUT2D eigenvalue weighted by molar-refractivity contribution is 7.85. The fourth-order valence-electron chi connectivity index (χ4n) is 1.58. The molecule has 0 aliphatic carbocycles. The summed E-state index contributed by atoms with van der Waals surface area (Å²) in [7, 11) is -1.64. The maximum absolute atomic E-state index is 13.3. The molecule has 1 unspecified atom stereocenters. The highest BCUT2D eigenvalue weighted by atomic mass is 35.5. The number of benzene rings is 2. The molecule has 3 N–H and O–H groups in total. The number of hydrogen-bond acceptors (Lipinski definition) is 3. The third-order valence-corrected chi connectivity index (χ3v) is 4.18. The maximum Gasteiger partial charge on any atom is 0.237 e. The van der Waals surface area contributed by atoms with Crippen molar-refractivity contribution < 1.29 is 13.4 Å². The van der Waals surface area contributed by atoms with E-state index in [1.165, 1.54) is 12.1 Å². The summed E-state index contributed by atoms with van der Waals surface area (Å²) in [5, 5.41) is 3.14. The normalized spacial score (nSPS) is 11.9. The van der Waals surface area contributed by atoms with E-state index in [0.717, 1.165) is 6.07 Å². The second-order valence-corrected chi connectivity index (χ2v) is 6.12. The average molecular weight is 327 g/mol. The largest absolute Gasteiger partial charge is 0.396 e. The molecule has 4 nitrogen and oxygen atoms in total. The highest BCUT2D eigenvalue weighted by Crippen LogP contribution is 2.16. The lowest BCUT2D eigenvalue weighted by Crippen LogP contribution is -2.19. The number of hydrogen-bond donors (Lipinski definition) is 2. The van der Waals surface area contributed by atoms with Crippen LogP contribution >= 0.6 is 11.6 Å². The van der Waals surface area contributed by atoms with Crippen molar-refractivity contribution in [2.45, 2.75) is 4.90 Å². The number of anilines is 2. The van der Waals surface area contributed by atoms with Crippen molar-refractivity contribution in [2.24, 2.45) is 0 Å². The van der Waals surface area contributed by atoms with E-state index in [-0.39, 0.29) is 16.3 Å². The summed E-state index contributed by atoms with van der Waals surface area (Å²) in [5.74, 6) is -1.36. The first kappa shape index (κ1) is 15.5. The van der Waals surface area contributed by atoms with Crippen LogP contribution < -0.4 is 11.1 Å². The number of nitrogens with two attached hydrogens (primary N) is 1. The smallest absolute Gasteiger partial charge is 0.237 e. The first-order valence-electron chi connectivity index (χ1n) is 5.94. The van der Waals surface area contributed by atoms with Gasteiger partial charge in [0.05, 0.1) is 16.5 Å². The van der Waals surface area contributed by atoms with E-state index in [9.17, 15) is 13.4 Å². The summed E-state index contributed by atoms with van der Waals surface area (Å²) in [4.78, 5) is 12.0. The number of nitrogens with one attached hydrogen (secondary N) is 1. The zero-order valence-electron chi connectivity index (χ0n) is 10.8. The van der Waals surface area contributed by atoms with Crippen molar-refractivity contribution in [3.05, 3.63) is 53.3 Å². The summed E-state index contributed by atoms with van der Waals surface area (Å²) in [5.41, 5.74) is 5.86. The van der Waals surface area contributed by atoms with Crippen molar-refractivity contribution >= 4 is 39.7 Å². The molecular formula is C14H12ClFN2O2S. The van der Waals surface area contributed by atoms with Crippen LogP contribution in [0.3, 0.4) is 0 Å². The SMILES string of the molecule is Nc1ccc(S(=O)CC(=O)Nc2ccc(Cl)cc2)cc1F. The lowest BCUT2D eigenvalue weighted by molar-refractivity contribution is -0.113. The number of halogens is 2. The summed E-state index contributed by atoms with van der Waals surface area (Å²) >= 11 is 5.73. The molecule has 0 saturated heterocycles. The summed E-state index contributed by atoms with van der Waals surface area (Å²) in [6.45, 7) is 0. The van der Waals surface area contributed by atoms with Gasteiger partial charge in [-0.15, -0.1) is 0 Å². The van der Waals surface area contributed by atoms with Crippen LogP contribution in [0.1, 0.15) is 0 Å². The number of nitrogen functional groups attached to an aromatic ring is 1. The Morgan fingerprint density at radius 2 is 1.90 bits per heavy atom. The monoisotopic (exact) mass is 326 g/mol. The van der Waals surface area contributed by atoms with Crippen LogP contribution in [0.2, 0.25) is 5.02 Å². The summed E-state index contributed by atoms with van der Waals surface area (Å²) in [6, 6.07) is 10.3. The molecule has 0 spiro atoms. The predicted octanol–water partition coefficient (Wildman–Crippen LogP) is 2.81. The Bertz CT molecular complexity index is 692. The topological polar surface area (TPSA) is 72.2 Å². The van der Waals surface area contributed by atoms with Crippen molar-refractivity contribution in [3.63, 3.8) is 0 Å². The van der Waals surface area contributed by atoms with Gasteiger partial charge in [-0.05, 0) is 42.5 Å². The van der Waals surface area contributed by atoms with Crippen LogP contribution in [0.5, 0.6) is 0 Å². The Morgan fingerprint density at radius 1 is 1.24 bits per heavy atom. The molecule has 0 aliphatic rings. The molecule has 0 heterocycles. The van der Waals surface area contributed by atoms with E-state index >= 15 is 0 Å². The van der Waals surface area contributed by atoms with Crippen molar-refractivity contribution in [3.8, 4) is 0 Å². The molecule has 0 aliphatic heterocycles. The molecule has 2 rings (SSSR count). The Labute approximate surface area is 128 Å². The van der Waals surface area contributed by atoms with E-state index in [0.29, 0.717) is 10.7 Å². The molecule has 2 aromatic rings. The fraction of sp³-hybridized carbons (Fsp3) is 0.0714. The van der Waals surface area contributed by atoms with Gasteiger partial charge in [0.15, 0.2) is 0 Å². The number of amides is 1. The molecule has 0 saturated carbocycles. The van der Waals surface area contributed by atoms with Gasteiger partial charge in [-0.25, -0.2) is 4.39 Å². The van der Waals surface area contributed by atoms with Gasteiger partial charge >= 0.3 is 0 Å². The standard InChI is InChI=1S/C14H12ClFN2O2S/c15-9-1-3-10(4-2-9)18-14(19)8-21(20)11-5-6-13(17)12(16)7-11/h1-7H,8,17H2,(H,18,19). The molecule has 1 atom stereocenters. The molecule has 0 radical (unpaired) electrons. The van der Waals surface area contributed by atoms with E-state index in [2.05, 4.69) is 5.32 Å². The van der Waals surface area contributed by atoms with Crippen LogP contribution in [0.25, 0.3) is 0 Å². The molecule has 0 bridgehead atoms. The van der Waals surface area contributed by atoms with Crippen molar-refractivity contribution in [2.75, 3.05) is 16.8 Å². The van der Waals surface area contributed by atoms with Crippen LogP contribution in [-0.2, 0) is 15.6 Å². The van der Waals surface area contributed by atoms with Gasteiger partial charge in [0.25, 0.3) is 0 Å². The van der Waals surface area contributed by atoms with Gasteiger partial charge in [0, 0.05) is 15.6 Å². The molecule has 1 amide bonds. The van der Waals surface area contributed by atoms with Crippen molar-refractivity contribution in [1.29, 1.82) is 0 Å². The molecule has 7 heteroatoms. The van der Waals surface area contributed by atoms with Crippen LogP contribution in [0.4, 0.5) is 15.8 Å². The number of carbonyl (C=O) groups is 1. The molecule has 0 aromatic heterocycles. The minimum absolute atomic E-state index is 0.0265. The molecule has 110 valence electrons. The zero-order chi connectivity index (χ0) is 15.4. The third kappa shape index (κ3) is 4.27. The van der Waals surface area contributed by atoms with Gasteiger partial charge < -0.3 is 11.1 Å². The minimum atomic E-state index is -1.64. The molecular weight excluding hydrogens is 315 g/mol. The Morgan fingerprint density at radius 3 is 2.52 bits per heavy atom. The first-order valence-corrected chi connectivity index (χ1v) is 7.64. The van der Waals surface area contributed by atoms with E-state index in [1.807, 2.05) is 0 Å². The number of rotatable bonds is 4. The van der Waals surface area contributed by atoms with Crippen LogP contribution in [0.15, 0.2) is 47.4 Å².